The van der Waals surface area contributed by atoms with Gasteiger partial charge in [0.1, 0.15) is 0 Å². The van der Waals surface area contributed by atoms with Crippen LogP contribution in [-0.4, -0.2) is 30.4 Å². The summed E-state index contributed by atoms with van der Waals surface area (Å²) in [6.07, 6.45) is 0. The van der Waals surface area contributed by atoms with E-state index in [-0.39, 0.29) is 11.9 Å². The lowest BCUT2D eigenvalue weighted by Gasteiger charge is -2.25. The Morgan fingerprint density at radius 1 is 1.32 bits per heavy atom. The van der Waals surface area contributed by atoms with Crippen molar-refractivity contribution in [2.75, 3.05) is 18.9 Å². The van der Waals surface area contributed by atoms with E-state index in [1.54, 1.807) is 0 Å². The summed E-state index contributed by atoms with van der Waals surface area (Å²) in [5.74, 6) is 0.542. The fourth-order valence-electron chi connectivity index (χ4n) is 1.99. The molecule has 4 heteroatoms. The summed E-state index contributed by atoms with van der Waals surface area (Å²) < 4.78 is 0. The lowest BCUT2D eigenvalue weighted by Crippen LogP contribution is -2.41. The molecule has 0 spiro atoms. The molecule has 4 nitrogen and oxygen atoms in total. The number of carbonyl (C=O) groups excluding carboxylic acids is 1. The quantitative estimate of drug-likeness (QED) is 0.826. The average molecular weight is 263 g/mol. The van der Waals surface area contributed by atoms with Crippen molar-refractivity contribution in [1.82, 2.24) is 4.90 Å². The van der Waals surface area contributed by atoms with Crippen LogP contribution >= 0.6 is 0 Å². The van der Waals surface area contributed by atoms with Crippen molar-refractivity contribution in [2.45, 2.75) is 33.4 Å². The molecule has 3 N–H and O–H groups in total. The van der Waals surface area contributed by atoms with E-state index in [1.165, 1.54) is 0 Å². The Morgan fingerprint density at radius 2 is 1.95 bits per heavy atom. The first-order chi connectivity index (χ1) is 8.95. The van der Waals surface area contributed by atoms with E-state index in [0.29, 0.717) is 12.5 Å². The molecule has 0 saturated carbocycles. The number of benzene rings is 1. The molecule has 106 valence electrons. The average Bonchev–Trinajstić information content (AvgIpc) is 2.37. The van der Waals surface area contributed by atoms with Crippen molar-refractivity contribution in [3.63, 3.8) is 0 Å². The van der Waals surface area contributed by atoms with Crippen LogP contribution in [0.1, 0.15) is 26.3 Å². The first-order valence-electron chi connectivity index (χ1n) is 6.74. The van der Waals surface area contributed by atoms with Crippen molar-refractivity contribution in [3.8, 4) is 0 Å². The lowest BCUT2D eigenvalue weighted by atomic mass is 10.1. The van der Waals surface area contributed by atoms with Crippen molar-refractivity contribution >= 4 is 11.6 Å². The van der Waals surface area contributed by atoms with Crippen LogP contribution in [0.4, 0.5) is 5.69 Å². The van der Waals surface area contributed by atoms with Gasteiger partial charge in [-0.2, -0.15) is 0 Å². The minimum absolute atomic E-state index is 0.00375. The number of nitrogens with two attached hydrogens (primary N) is 1. The van der Waals surface area contributed by atoms with Crippen molar-refractivity contribution in [2.24, 2.45) is 11.7 Å². The molecule has 0 aliphatic heterocycles. The number of anilines is 1. The van der Waals surface area contributed by atoms with Gasteiger partial charge in [0.2, 0.25) is 5.91 Å². The van der Waals surface area contributed by atoms with Gasteiger partial charge in [-0.3, -0.25) is 9.69 Å². The third-order valence-corrected chi connectivity index (χ3v) is 3.19. The molecule has 0 bridgehead atoms. The van der Waals surface area contributed by atoms with Crippen LogP contribution in [0, 0.1) is 5.92 Å². The van der Waals surface area contributed by atoms with Crippen molar-refractivity contribution in [3.05, 3.63) is 29.8 Å². The molecule has 0 fully saturated rings. The second kappa shape index (κ2) is 7.26. The van der Waals surface area contributed by atoms with Crippen LogP contribution in [0.2, 0.25) is 0 Å². The molecule has 0 radical (unpaired) electrons. The van der Waals surface area contributed by atoms with Gasteiger partial charge in [0.05, 0.1) is 6.04 Å². The molecule has 1 amide bonds. The second-order valence-electron chi connectivity index (χ2n) is 5.36. The predicted molar refractivity (Wildman–Crippen MR) is 79.9 cm³/mol. The van der Waals surface area contributed by atoms with Crippen molar-refractivity contribution in [1.29, 1.82) is 0 Å². The molecule has 1 aromatic carbocycles. The molecule has 1 rings (SSSR count). The molecule has 19 heavy (non-hydrogen) atoms. The fraction of sp³-hybridized carbons (Fsp3) is 0.533. The Morgan fingerprint density at radius 3 is 2.53 bits per heavy atom. The minimum atomic E-state index is -0.159. The van der Waals surface area contributed by atoms with Crippen LogP contribution < -0.4 is 11.1 Å². The number of hydrogen-bond acceptors (Lipinski definition) is 3. The summed E-state index contributed by atoms with van der Waals surface area (Å²) in [7, 11) is 1.97. The van der Waals surface area contributed by atoms with Gasteiger partial charge in [0.15, 0.2) is 0 Å². The van der Waals surface area contributed by atoms with Gasteiger partial charge in [0.25, 0.3) is 0 Å². The largest absolute Gasteiger partial charge is 0.326 e. The molecule has 0 saturated heterocycles. The maximum atomic E-state index is 12.2. The highest BCUT2D eigenvalue weighted by molar-refractivity contribution is 5.95. The molecular weight excluding hydrogens is 238 g/mol. The molecule has 1 aromatic rings. The zero-order valence-electron chi connectivity index (χ0n) is 12.3. The van der Waals surface area contributed by atoms with Crippen LogP contribution in [0.3, 0.4) is 0 Å². The molecule has 1 unspecified atom stereocenters. The summed E-state index contributed by atoms with van der Waals surface area (Å²) in [5, 5.41) is 2.95. The molecule has 0 heterocycles. The summed E-state index contributed by atoms with van der Waals surface area (Å²) >= 11 is 0. The molecule has 1 atom stereocenters. The zero-order chi connectivity index (χ0) is 14.4. The summed E-state index contributed by atoms with van der Waals surface area (Å²) in [6, 6.07) is 7.48. The van der Waals surface area contributed by atoms with Crippen LogP contribution in [-0.2, 0) is 11.3 Å². The van der Waals surface area contributed by atoms with E-state index < -0.39 is 0 Å². The van der Waals surface area contributed by atoms with Crippen LogP contribution in [0.5, 0.6) is 0 Å². The Balaban J connectivity index is 2.68. The second-order valence-corrected chi connectivity index (χ2v) is 5.36. The van der Waals surface area contributed by atoms with Gasteiger partial charge in [-0.1, -0.05) is 32.0 Å². The van der Waals surface area contributed by atoms with Crippen LogP contribution in [0.15, 0.2) is 24.3 Å². The number of nitrogens with one attached hydrogen (secondary N) is 1. The first-order valence-corrected chi connectivity index (χ1v) is 6.74. The van der Waals surface area contributed by atoms with Gasteiger partial charge in [-0.25, -0.2) is 0 Å². The first kappa shape index (κ1) is 15.7. The molecular formula is C15H25N3O. The number of likely N-dealkylation sites (N-methyl/N-ethyl adjacent to an activating group) is 1. The van der Waals surface area contributed by atoms with Crippen molar-refractivity contribution < 1.29 is 4.79 Å². The maximum absolute atomic E-state index is 12.2. The smallest absolute Gasteiger partial charge is 0.241 e. The number of carbonyl (C=O) groups is 1. The standard InChI is InChI=1S/C15H25N3O/c1-11(2)10-18(4)12(3)15(19)17-14-8-6-5-7-13(14)9-16/h5-8,11-12H,9-10,16H2,1-4H3,(H,17,19). The normalized spacial score (nSPS) is 12.8. The number of nitrogens with zero attached hydrogens (tertiary/aromatic N) is 1. The SMILES string of the molecule is CC(C)CN(C)C(C)C(=O)Nc1ccccc1CN. The Bertz CT molecular complexity index is 418. The Kier molecular flexibility index (Phi) is 5.99. The van der Waals surface area contributed by atoms with E-state index in [2.05, 4.69) is 24.1 Å². The van der Waals surface area contributed by atoms with Gasteiger partial charge in [-0.05, 0) is 31.5 Å². The monoisotopic (exact) mass is 263 g/mol. The molecule has 0 aliphatic rings. The number of amides is 1. The van der Waals surface area contributed by atoms with E-state index in [4.69, 9.17) is 5.73 Å². The topological polar surface area (TPSA) is 58.4 Å². The third kappa shape index (κ3) is 4.65. The summed E-state index contributed by atoms with van der Waals surface area (Å²) in [6.45, 7) is 7.53. The fourth-order valence-corrected chi connectivity index (χ4v) is 1.99. The summed E-state index contributed by atoms with van der Waals surface area (Å²) in [5.41, 5.74) is 7.43. The van der Waals surface area contributed by atoms with Crippen LogP contribution in [0.25, 0.3) is 0 Å². The zero-order valence-corrected chi connectivity index (χ0v) is 12.3. The summed E-state index contributed by atoms with van der Waals surface area (Å²) in [4.78, 5) is 14.3. The highest BCUT2D eigenvalue weighted by atomic mass is 16.2. The van der Waals surface area contributed by atoms with E-state index in [0.717, 1.165) is 17.8 Å². The molecule has 0 aromatic heterocycles. The Labute approximate surface area is 116 Å². The maximum Gasteiger partial charge on any atom is 0.241 e. The lowest BCUT2D eigenvalue weighted by molar-refractivity contribution is -0.120. The van der Waals surface area contributed by atoms with E-state index in [1.807, 2.05) is 38.2 Å². The Hall–Kier alpha value is -1.39. The number of hydrogen-bond donors (Lipinski definition) is 2. The van der Waals surface area contributed by atoms with Gasteiger partial charge in [0, 0.05) is 18.8 Å². The van der Waals surface area contributed by atoms with Gasteiger partial charge < -0.3 is 11.1 Å². The number of para-hydroxylation sites is 1. The van der Waals surface area contributed by atoms with E-state index in [9.17, 15) is 4.79 Å². The third-order valence-electron chi connectivity index (χ3n) is 3.19. The van der Waals surface area contributed by atoms with Gasteiger partial charge >= 0.3 is 0 Å². The van der Waals surface area contributed by atoms with E-state index >= 15 is 0 Å². The highest BCUT2D eigenvalue weighted by Crippen LogP contribution is 2.15. The number of rotatable bonds is 6. The predicted octanol–water partition coefficient (Wildman–Crippen LogP) is 2.06. The minimum Gasteiger partial charge on any atom is -0.326 e. The van der Waals surface area contributed by atoms with Gasteiger partial charge in [-0.15, -0.1) is 0 Å². The molecule has 0 aliphatic carbocycles. The highest BCUT2D eigenvalue weighted by Gasteiger charge is 2.19.